The number of rotatable bonds is 6. The van der Waals surface area contributed by atoms with Gasteiger partial charge in [-0.05, 0) is 37.1 Å². The van der Waals surface area contributed by atoms with Gasteiger partial charge >= 0.3 is 0 Å². The molecule has 1 amide bonds. The average molecular weight is 217 g/mol. The maximum Gasteiger partial charge on any atom is 0.231 e. The fourth-order valence-electron chi connectivity index (χ4n) is 1.38. The van der Waals surface area contributed by atoms with Gasteiger partial charge in [-0.2, -0.15) is 5.26 Å². The van der Waals surface area contributed by atoms with Gasteiger partial charge in [0, 0.05) is 0 Å². The quantitative estimate of drug-likeness (QED) is 0.683. The highest BCUT2D eigenvalue weighted by atomic mass is 16.1. The molecule has 16 heavy (non-hydrogen) atoms. The average Bonchev–Trinajstić information content (AvgIpc) is 2.29. The molecular weight excluding hydrogens is 202 g/mol. The van der Waals surface area contributed by atoms with Gasteiger partial charge in [0.05, 0.1) is 18.2 Å². The van der Waals surface area contributed by atoms with Crippen LogP contribution in [0.5, 0.6) is 0 Å². The molecule has 4 heteroatoms. The lowest BCUT2D eigenvalue weighted by atomic mass is 10.1. The number of hydrogen-bond acceptors (Lipinski definition) is 3. The Balaban J connectivity index is 2.22. The molecule has 0 unspecified atom stereocenters. The second-order valence-electron chi connectivity index (χ2n) is 3.56. The van der Waals surface area contributed by atoms with Crippen LogP contribution in [-0.4, -0.2) is 19.0 Å². The number of primary amides is 1. The van der Waals surface area contributed by atoms with Crippen molar-refractivity contribution in [2.45, 2.75) is 12.8 Å². The van der Waals surface area contributed by atoms with Crippen LogP contribution in [0.25, 0.3) is 0 Å². The van der Waals surface area contributed by atoms with Crippen molar-refractivity contribution in [3.63, 3.8) is 0 Å². The molecular formula is C12H15N3O. The second-order valence-corrected chi connectivity index (χ2v) is 3.56. The van der Waals surface area contributed by atoms with Gasteiger partial charge in [-0.15, -0.1) is 0 Å². The number of carbonyl (C=O) groups is 1. The third-order valence-corrected chi connectivity index (χ3v) is 2.20. The van der Waals surface area contributed by atoms with Crippen molar-refractivity contribution in [1.29, 1.82) is 5.26 Å². The van der Waals surface area contributed by atoms with Crippen molar-refractivity contribution in [1.82, 2.24) is 5.32 Å². The zero-order valence-corrected chi connectivity index (χ0v) is 9.07. The Hall–Kier alpha value is -1.86. The smallest absolute Gasteiger partial charge is 0.231 e. The highest BCUT2D eigenvalue weighted by Crippen LogP contribution is 2.05. The number of nitrogens with two attached hydrogens (primary N) is 1. The number of amides is 1. The van der Waals surface area contributed by atoms with Gasteiger partial charge in [0.2, 0.25) is 5.91 Å². The summed E-state index contributed by atoms with van der Waals surface area (Å²) in [5.74, 6) is -0.335. The molecule has 0 aliphatic rings. The summed E-state index contributed by atoms with van der Waals surface area (Å²) in [5, 5.41) is 11.6. The fourth-order valence-corrected chi connectivity index (χ4v) is 1.38. The second kappa shape index (κ2) is 6.59. The van der Waals surface area contributed by atoms with E-state index in [-0.39, 0.29) is 12.5 Å². The van der Waals surface area contributed by atoms with Crippen LogP contribution >= 0.6 is 0 Å². The Morgan fingerprint density at radius 1 is 1.38 bits per heavy atom. The molecule has 0 saturated carbocycles. The molecule has 1 rings (SSSR count). The highest BCUT2D eigenvalue weighted by Gasteiger charge is 1.95. The summed E-state index contributed by atoms with van der Waals surface area (Å²) in [5.41, 5.74) is 6.86. The van der Waals surface area contributed by atoms with E-state index >= 15 is 0 Å². The van der Waals surface area contributed by atoms with Gasteiger partial charge in [-0.1, -0.05) is 12.1 Å². The Labute approximate surface area is 95.1 Å². The minimum Gasteiger partial charge on any atom is -0.369 e. The number of hydrogen-bond donors (Lipinski definition) is 2. The molecule has 0 atom stereocenters. The van der Waals surface area contributed by atoms with Crippen LogP contribution in [0.3, 0.4) is 0 Å². The van der Waals surface area contributed by atoms with E-state index in [2.05, 4.69) is 11.4 Å². The van der Waals surface area contributed by atoms with E-state index < -0.39 is 0 Å². The monoisotopic (exact) mass is 217 g/mol. The molecule has 0 radical (unpaired) electrons. The molecule has 1 aromatic carbocycles. The summed E-state index contributed by atoms with van der Waals surface area (Å²) >= 11 is 0. The number of nitrogens with one attached hydrogen (secondary N) is 1. The van der Waals surface area contributed by atoms with E-state index in [1.807, 2.05) is 24.3 Å². The van der Waals surface area contributed by atoms with Crippen LogP contribution in [0.1, 0.15) is 17.5 Å². The molecule has 3 N–H and O–H groups in total. The summed E-state index contributed by atoms with van der Waals surface area (Å²) in [6.45, 7) is 0.996. The Kier molecular flexibility index (Phi) is 5.03. The lowest BCUT2D eigenvalue weighted by Gasteiger charge is -2.02. The first-order valence-electron chi connectivity index (χ1n) is 5.20. The van der Waals surface area contributed by atoms with Crippen LogP contribution in [-0.2, 0) is 11.2 Å². The Bertz CT molecular complexity index is 378. The topological polar surface area (TPSA) is 78.9 Å². The summed E-state index contributed by atoms with van der Waals surface area (Å²) in [6.07, 6.45) is 1.87. The predicted octanol–water partition coefficient (Wildman–Crippen LogP) is 0.566. The first-order chi connectivity index (χ1) is 7.72. The number of aryl methyl sites for hydroxylation is 1. The lowest BCUT2D eigenvalue weighted by Crippen LogP contribution is -2.29. The number of nitriles is 1. The highest BCUT2D eigenvalue weighted by molar-refractivity contribution is 5.75. The lowest BCUT2D eigenvalue weighted by molar-refractivity contribution is -0.117. The zero-order valence-electron chi connectivity index (χ0n) is 9.07. The van der Waals surface area contributed by atoms with E-state index in [1.54, 1.807) is 0 Å². The maximum absolute atomic E-state index is 10.4. The van der Waals surface area contributed by atoms with E-state index in [9.17, 15) is 4.79 Å². The molecule has 0 bridgehead atoms. The van der Waals surface area contributed by atoms with Crippen LogP contribution in [0.15, 0.2) is 24.3 Å². The van der Waals surface area contributed by atoms with E-state index in [0.717, 1.165) is 19.4 Å². The van der Waals surface area contributed by atoms with Crippen molar-refractivity contribution in [3.8, 4) is 6.07 Å². The van der Waals surface area contributed by atoms with Crippen molar-refractivity contribution in [2.75, 3.05) is 13.1 Å². The Morgan fingerprint density at radius 3 is 2.62 bits per heavy atom. The number of carbonyl (C=O) groups excluding carboxylic acids is 1. The van der Waals surface area contributed by atoms with Gasteiger partial charge in [0.15, 0.2) is 0 Å². The standard InChI is InChI=1S/C12H15N3O/c13-8-11-5-3-10(4-6-11)2-1-7-15-9-12(14)16/h3-6,15H,1-2,7,9H2,(H2,14,16). The van der Waals surface area contributed by atoms with Crippen LogP contribution < -0.4 is 11.1 Å². The summed E-state index contributed by atoms with van der Waals surface area (Å²) in [4.78, 5) is 10.4. The molecule has 4 nitrogen and oxygen atoms in total. The van der Waals surface area contributed by atoms with Gasteiger partial charge in [-0.3, -0.25) is 4.79 Å². The maximum atomic E-state index is 10.4. The van der Waals surface area contributed by atoms with Crippen LogP contribution in [0.4, 0.5) is 0 Å². The minimum atomic E-state index is -0.335. The molecule has 1 aromatic rings. The third-order valence-electron chi connectivity index (χ3n) is 2.20. The summed E-state index contributed by atoms with van der Waals surface area (Å²) < 4.78 is 0. The van der Waals surface area contributed by atoms with Crippen molar-refractivity contribution >= 4 is 5.91 Å². The summed E-state index contributed by atoms with van der Waals surface area (Å²) in [6, 6.07) is 9.60. The zero-order chi connectivity index (χ0) is 11.8. The van der Waals surface area contributed by atoms with Gasteiger partial charge in [0.25, 0.3) is 0 Å². The van der Waals surface area contributed by atoms with Gasteiger partial charge < -0.3 is 11.1 Å². The molecule has 0 spiro atoms. The molecule has 0 aliphatic heterocycles. The summed E-state index contributed by atoms with van der Waals surface area (Å²) in [7, 11) is 0. The molecule has 0 aliphatic carbocycles. The first-order valence-corrected chi connectivity index (χ1v) is 5.20. The van der Waals surface area contributed by atoms with E-state index in [0.29, 0.717) is 5.56 Å². The fraction of sp³-hybridized carbons (Fsp3) is 0.333. The third kappa shape index (κ3) is 4.58. The first kappa shape index (κ1) is 12.2. The molecule has 0 aromatic heterocycles. The Morgan fingerprint density at radius 2 is 2.06 bits per heavy atom. The van der Waals surface area contributed by atoms with E-state index in [4.69, 9.17) is 11.0 Å². The van der Waals surface area contributed by atoms with Crippen LogP contribution in [0, 0.1) is 11.3 Å². The molecule has 0 heterocycles. The molecule has 0 fully saturated rings. The largest absolute Gasteiger partial charge is 0.369 e. The minimum absolute atomic E-state index is 0.230. The van der Waals surface area contributed by atoms with Crippen LogP contribution in [0.2, 0.25) is 0 Å². The van der Waals surface area contributed by atoms with Gasteiger partial charge in [0.1, 0.15) is 0 Å². The van der Waals surface area contributed by atoms with Crippen molar-refractivity contribution in [3.05, 3.63) is 35.4 Å². The number of nitrogens with zero attached hydrogens (tertiary/aromatic N) is 1. The van der Waals surface area contributed by atoms with Crippen molar-refractivity contribution < 1.29 is 4.79 Å². The number of benzene rings is 1. The molecule has 84 valence electrons. The van der Waals surface area contributed by atoms with Crippen molar-refractivity contribution in [2.24, 2.45) is 5.73 Å². The molecule has 0 saturated heterocycles. The SMILES string of the molecule is N#Cc1ccc(CCCNCC(N)=O)cc1. The normalized spacial score (nSPS) is 9.69. The van der Waals surface area contributed by atoms with Gasteiger partial charge in [-0.25, -0.2) is 0 Å². The van der Waals surface area contributed by atoms with E-state index in [1.165, 1.54) is 5.56 Å². The predicted molar refractivity (Wildman–Crippen MR) is 61.5 cm³/mol.